The Balaban J connectivity index is 2.20. The van der Waals surface area contributed by atoms with E-state index in [4.69, 9.17) is 16.7 Å². The fraction of sp³-hybridized carbons (Fsp3) is 0.267. The van der Waals surface area contributed by atoms with Crippen LogP contribution >= 0.6 is 11.6 Å². The number of halogens is 1. The molecule has 0 unspecified atom stereocenters. The highest BCUT2D eigenvalue weighted by atomic mass is 35.5. The van der Waals surface area contributed by atoms with Crippen LogP contribution in [0.2, 0.25) is 5.02 Å². The van der Waals surface area contributed by atoms with Gasteiger partial charge in [0, 0.05) is 11.1 Å². The number of benzene rings is 1. The summed E-state index contributed by atoms with van der Waals surface area (Å²) in [5, 5.41) is 16.1. The van der Waals surface area contributed by atoms with Gasteiger partial charge in [0.15, 0.2) is 0 Å². The first-order valence-corrected chi connectivity index (χ1v) is 7.09. The number of nitrogens with one attached hydrogen (secondary N) is 1. The first-order valence-electron chi connectivity index (χ1n) is 6.71. The van der Waals surface area contributed by atoms with E-state index in [1.54, 1.807) is 36.7 Å². The van der Waals surface area contributed by atoms with E-state index in [2.05, 4.69) is 10.4 Å². The number of carbonyl (C=O) groups excluding carboxylic acids is 1. The Morgan fingerprint density at radius 3 is 2.82 bits per heavy atom. The molecule has 0 bridgehead atoms. The van der Waals surface area contributed by atoms with Crippen LogP contribution in [0.4, 0.5) is 0 Å². The molecule has 0 aliphatic heterocycles. The lowest BCUT2D eigenvalue weighted by Gasteiger charge is -2.11. The van der Waals surface area contributed by atoms with Crippen LogP contribution < -0.4 is 5.32 Å². The van der Waals surface area contributed by atoms with Crippen molar-refractivity contribution in [3.63, 3.8) is 0 Å². The van der Waals surface area contributed by atoms with Crippen molar-refractivity contribution in [1.29, 1.82) is 0 Å². The second-order valence-corrected chi connectivity index (χ2v) is 5.44. The van der Waals surface area contributed by atoms with Crippen LogP contribution in [0, 0.1) is 6.92 Å². The van der Waals surface area contributed by atoms with Crippen LogP contribution in [-0.4, -0.2) is 32.8 Å². The maximum Gasteiger partial charge on any atom is 0.305 e. The number of hydrogen-bond acceptors (Lipinski definition) is 3. The molecule has 0 aliphatic carbocycles. The molecule has 0 saturated carbocycles. The van der Waals surface area contributed by atoms with Gasteiger partial charge in [-0.25, -0.2) is 4.68 Å². The summed E-state index contributed by atoms with van der Waals surface area (Å²) in [6.07, 6.45) is 1.33. The Morgan fingerprint density at radius 1 is 1.45 bits per heavy atom. The van der Waals surface area contributed by atoms with Crippen molar-refractivity contribution in [2.75, 3.05) is 0 Å². The minimum Gasteiger partial charge on any atom is -0.481 e. The molecule has 1 atom stereocenters. The Labute approximate surface area is 132 Å². The number of hydrogen-bond donors (Lipinski definition) is 2. The summed E-state index contributed by atoms with van der Waals surface area (Å²) in [5.74, 6) is -1.31. The number of aromatic nitrogens is 2. The van der Waals surface area contributed by atoms with Gasteiger partial charge in [0.1, 0.15) is 0 Å². The zero-order chi connectivity index (χ0) is 16.3. The van der Waals surface area contributed by atoms with Gasteiger partial charge in [-0.2, -0.15) is 5.10 Å². The average Bonchev–Trinajstić information content (AvgIpc) is 2.79. The Bertz CT molecular complexity index is 712. The standard InChI is InChI=1S/C15H16ClN3O3/c1-9(6-14(20)21)18-15(22)13-8-17-19(10(13)2)12-5-3-4-11(16)7-12/h3-5,7-9H,6H2,1-2H3,(H,18,22)(H,20,21)/t9-/m0/s1. The summed E-state index contributed by atoms with van der Waals surface area (Å²) in [6.45, 7) is 3.41. The number of amides is 1. The predicted molar refractivity (Wildman–Crippen MR) is 82.5 cm³/mol. The smallest absolute Gasteiger partial charge is 0.305 e. The summed E-state index contributed by atoms with van der Waals surface area (Å²) < 4.78 is 1.61. The fourth-order valence-electron chi connectivity index (χ4n) is 2.12. The first-order chi connectivity index (χ1) is 10.4. The van der Waals surface area contributed by atoms with Crippen LogP contribution in [-0.2, 0) is 4.79 Å². The van der Waals surface area contributed by atoms with E-state index in [-0.39, 0.29) is 12.3 Å². The number of carboxylic acid groups (broad SMARTS) is 1. The molecule has 0 aliphatic rings. The van der Waals surface area contributed by atoms with Crippen LogP contribution in [0.1, 0.15) is 29.4 Å². The van der Waals surface area contributed by atoms with Gasteiger partial charge in [-0.3, -0.25) is 9.59 Å². The van der Waals surface area contributed by atoms with Gasteiger partial charge in [0.2, 0.25) is 0 Å². The van der Waals surface area contributed by atoms with E-state index >= 15 is 0 Å². The predicted octanol–water partition coefficient (Wildman–Crippen LogP) is 2.43. The lowest BCUT2D eigenvalue weighted by Crippen LogP contribution is -2.34. The molecular formula is C15H16ClN3O3. The number of aliphatic carboxylic acids is 1. The number of nitrogens with zero attached hydrogens (tertiary/aromatic N) is 2. The van der Waals surface area contributed by atoms with Gasteiger partial charge in [-0.1, -0.05) is 17.7 Å². The molecule has 22 heavy (non-hydrogen) atoms. The molecule has 1 aromatic carbocycles. The van der Waals surface area contributed by atoms with Crippen molar-refractivity contribution in [2.24, 2.45) is 0 Å². The summed E-state index contributed by atoms with van der Waals surface area (Å²) in [4.78, 5) is 22.8. The molecule has 2 aromatic rings. The van der Waals surface area contributed by atoms with Crippen molar-refractivity contribution in [3.8, 4) is 5.69 Å². The number of rotatable bonds is 5. The molecule has 2 N–H and O–H groups in total. The van der Waals surface area contributed by atoms with E-state index in [9.17, 15) is 9.59 Å². The molecule has 1 amide bonds. The third kappa shape index (κ3) is 3.65. The minimum atomic E-state index is -0.959. The molecule has 1 aromatic heterocycles. The molecule has 6 nitrogen and oxygen atoms in total. The quantitative estimate of drug-likeness (QED) is 0.885. The monoisotopic (exact) mass is 321 g/mol. The lowest BCUT2D eigenvalue weighted by atomic mass is 10.2. The molecule has 116 valence electrons. The highest BCUT2D eigenvalue weighted by Crippen LogP contribution is 2.18. The zero-order valence-corrected chi connectivity index (χ0v) is 13.0. The molecule has 0 fully saturated rings. The Hall–Kier alpha value is -2.34. The third-order valence-corrected chi connectivity index (χ3v) is 3.40. The van der Waals surface area contributed by atoms with Gasteiger partial charge < -0.3 is 10.4 Å². The average molecular weight is 322 g/mol. The zero-order valence-electron chi connectivity index (χ0n) is 12.2. The van der Waals surface area contributed by atoms with Crippen LogP contribution in [0.3, 0.4) is 0 Å². The Morgan fingerprint density at radius 2 is 2.18 bits per heavy atom. The van der Waals surface area contributed by atoms with Gasteiger partial charge in [0.05, 0.1) is 29.6 Å². The van der Waals surface area contributed by atoms with E-state index in [1.807, 2.05) is 6.07 Å². The molecule has 2 rings (SSSR count). The van der Waals surface area contributed by atoms with E-state index in [0.29, 0.717) is 16.3 Å². The van der Waals surface area contributed by atoms with Crippen molar-refractivity contribution < 1.29 is 14.7 Å². The van der Waals surface area contributed by atoms with Gasteiger partial charge in [-0.15, -0.1) is 0 Å². The van der Waals surface area contributed by atoms with Gasteiger partial charge in [0.25, 0.3) is 5.91 Å². The Kier molecular flexibility index (Phi) is 4.82. The first kappa shape index (κ1) is 16.0. The van der Waals surface area contributed by atoms with Crippen molar-refractivity contribution in [2.45, 2.75) is 26.3 Å². The van der Waals surface area contributed by atoms with Crippen LogP contribution in [0.25, 0.3) is 5.69 Å². The molecule has 7 heteroatoms. The summed E-state index contributed by atoms with van der Waals surface area (Å²) in [7, 11) is 0. The maximum atomic E-state index is 12.2. The van der Waals surface area contributed by atoms with E-state index in [1.165, 1.54) is 6.20 Å². The second kappa shape index (κ2) is 6.62. The van der Waals surface area contributed by atoms with E-state index < -0.39 is 12.0 Å². The largest absolute Gasteiger partial charge is 0.481 e. The molecule has 0 spiro atoms. The molecular weight excluding hydrogens is 306 g/mol. The minimum absolute atomic E-state index is 0.132. The summed E-state index contributed by atoms with van der Waals surface area (Å²) in [6, 6.07) is 6.68. The fourth-order valence-corrected chi connectivity index (χ4v) is 2.30. The lowest BCUT2D eigenvalue weighted by molar-refractivity contribution is -0.137. The SMILES string of the molecule is Cc1c(C(=O)N[C@@H](C)CC(=O)O)cnn1-c1cccc(Cl)c1. The topological polar surface area (TPSA) is 84.2 Å². The summed E-state index contributed by atoms with van der Waals surface area (Å²) >= 11 is 5.96. The maximum absolute atomic E-state index is 12.2. The van der Waals surface area contributed by atoms with Crippen molar-refractivity contribution in [1.82, 2.24) is 15.1 Å². The van der Waals surface area contributed by atoms with Crippen LogP contribution in [0.15, 0.2) is 30.5 Å². The third-order valence-electron chi connectivity index (χ3n) is 3.17. The normalized spacial score (nSPS) is 12.0. The molecule has 0 saturated heterocycles. The highest BCUT2D eigenvalue weighted by Gasteiger charge is 2.18. The summed E-state index contributed by atoms with van der Waals surface area (Å²) in [5.41, 5.74) is 1.81. The number of carboxylic acids is 1. The molecule has 0 radical (unpaired) electrons. The number of carbonyl (C=O) groups is 2. The second-order valence-electron chi connectivity index (χ2n) is 5.01. The van der Waals surface area contributed by atoms with Crippen LogP contribution in [0.5, 0.6) is 0 Å². The molecule has 1 heterocycles. The van der Waals surface area contributed by atoms with Gasteiger partial charge >= 0.3 is 5.97 Å². The highest BCUT2D eigenvalue weighted by molar-refractivity contribution is 6.30. The van der Waals surface area contributed by atoms with Crippen molar-refractivity contribution in [3.05, 3.63) is 46.7 Å². The van der Waals surface area contributed by atoms with Gasteiger partial charge in [-0.05, 0) is 32.0 Å². The van der Waals surface area contributed by atoms with Crippen molar-refractivity contribution >= 4 is 23.5 Å². The van der Waals surface area contributed by atoms with E-state index in [0.717, 1.165) is 5.69 Å².